The molecule has 0 saturated heterocycles. The van der Waals surface area contributed by atoms with E-state index in [0.29, 0.717) is 17.9 Å². The Morgan fingerprint density at radius 2 is 2.00 bits per heavy atom. The molecule has 0 aliphatic rings. The first-order chi connectivity index (χ1) is 10.8. The van der Waals surface area contributed by atoms with E-state index in [2.05, 4.69) is 5.32 Å². The van der Waals surface area contributed by atoms with E-state index in [1.165, 1.54) is 11.4 Å². The summed E-state index contributed by atoms with van der Waals surface area (Å²) in [5, 5.41) is 2.87. The van der Waals surface area contributed by atoms with Crippen LogP contribution in [0, 0.1) is 0 Å². The van der Waals surface area contributed by atoms with Gasteiger partial charge in [0.2, 0.25) is 15.9 Å². The molecular formula is C16H26N2O4S. The molecule has 0 unspecified atom stereocenters. The van der Waals surface area contributed by atoms with Crippen LogP contribution in [0.5, 0.6) is 5.75 Å². The van der Waals surface area contributed by atoms with Gasteiger partial charge in [-0.3, -0.25) is 9.10 Å². The summed E-state index contributed by atoms with van der Waals surface area (Å²) < 4.78 is 30.7. The minimum Gasteiger partial charge on any atom is -0.495 e. The highest BCUT2D eigenvalue weighted by molar-refractivity contribution is 7.92. The Kier molecular flexibility index (Phi) is 7.35. The van der Waals surface area contributed by atoms with Crippen molar-refractivity contribution in [3.05, 3.63) is 24.3 Å². The number of anilines is 1. The molecule has 1 atom stereocenters. The van der Waals surface area contributed by atoms with Crippen molar-refractivity contribution < 1.29 is 17.9 Å². The number of rotatable bonds is 9. The normalized spacial score (nSPS) is 12.5. The van der Waals surface area contributed by atoms with Gasteiger partial charge in [0.25, 0.3) is 0 Å². The number of benzene rings is 1. The summed E-state index contributed by atoms with van der Waals surface area (Å²) in [4.78, 5) is 11.8. The third-order valence-corrected chi connectivity index (χ3v) is 4.72. The van der Waals surface area contributed by atoms with Crippen LogP contribution in [0.3, 0.4) is 0 Å². The molecule has 0 aliphatic carbocycles. The lowest BCUT2D eigenvalue weighted by Crippen LogP contribution is -2.34. The van der Waals surface area contributed by atoms with E-state index in [1.807, 2.05) is 13.8 Å². The van der Waals surface area contributed by atoms with Gasteiger partial charge in [0.15, 0.2) is 0 Å². The minimum atomic E-state index is -3.45. The summed E-state index contributed by atoms with van der Waals surface area (Å²) in [6.45, 7) is 4.17. The van der Waals surface area contributed by atoms with Crippen LogP contribution in [0.15, 0.2) is 24.3 Å². The number of ether oxygens (including phenoxy) is 1. The largest absolute Gasteiger partial charge is 0.495 e. The number of carbonyl (C=O) groups excluding carboxylic acids is 1. The molecule has 7 heteroatoms. The molecule has 130 valence electrons. The Bertz CT molecular complexity index is 616. The first-order valence-electron chi connectivity index (χ1n) is 7.69. The molecule has 1 aromatic rings. The lowest BCUT2D eigenvalue weighted by atomic mass is 10.2. The third kappa shape index (κ3) is 6.09. The van der Waals surface area contributed by atoms with Crippen molar-refractivity contribution in [2.45, 2.75) is 39.2 Å². The van der Waals surface area contributed by atoms with E-state index in [-0.39, 0.29) is 24.9 Å². The van der Waals surface area contributed by atoms with E-state index in [1.54, 1.807) is 24.3 Å². The molecule has 0 aromatic heterocycles. The second-order valence-corrected chi connectivity index (χ2v) is 7.39. The van der Waals surface area contributed by atoms with E-state index < -0.39 is 10.0 Å². The lowest BCUT2D eigenvalue weighted by molar-refractivity contribution is -0.121. The first-order valence-corrected chi connectivity index (χ1v) is 9.54. The Hall–Kier alpha value is -1.76. The van der Waals surface area contributed by atoms with Gasteiger partial charge < -0.3 is 10.1 Å². The molecule has 0 heterocycles. The fraction of sp³-hybridized carbons (Fsp3) is 0.562. The van der Waals surface area contributed by atoms with Crippen molar-refractivity contribution in [1.29, 1.82) is 0 Å². The number of carbonyl (C=O) groups is 1. The molecule has 1 N–H and O–H groups in total. The predicted octanol–water partition coefficient (Wildman–Crippen LogP) is 2.16. The Balaban J connectivity index is 2.77. The number of nitrogens with zero attached hydrogens (tertiary/aromatic N) is 1. The highest BCUT2D eigenvalue weighted by Gasteiger charge is 2.20. The van der Waals surface area contributed by atoms with Crippen LogP contribution in [-0.4, -0.2) is 40.3 Å². The van der Waals surface area contributed by atoms with Gasteiger partial charge in [0.1, 0.15) is 5.75 Å². The zero-order valence-corrected chi connectivity index (χ0v) is 15.0. The average Bonchev–Trinajstić information content (AvgIpc) is 2.50. The lowest BCUT2D eigenvalue weighted by Gasteiger charge is -2.24. The number of hydrogen-bond acceptors (Lipinski definition) is 4. The van der Waals surface area contributed by atoms with Crippen LogP contribution in [0.4, 0.5) is 5.69 Å². The number of hydrogen-bond donors (Lipinski definition) is 1. The maximum absolute atomic E-state index is 12.1. The van der Waals surface area contributed by atoms with Gasteiger partial charge in [-0.15, -0.1) is 0 Å². The van der Waals surface area contributed by atoms with Crippen molar-refractivity contribution in [2.24, 2.45) is 0 Å². The van der Waals surface area contributed by atoms with Crippen LogP contribution >= 0.6 is 0 Å². The number of methoxy groups -OCH3 is 1. The summed E-state index contributed by atoms with van der Waals surface area (Å²) in [5.41, 5.74) is 0.486. The smallest absolute Gasteiger partial charge is 0.232 e. The van der Waals surface area contributed by atoms with Crippen LogP contribution in [0.2, 0.25) is 0 Å². The molecular weight excluding hydrogens is 316 g/mol. The minimum absolute atomic E-state index is 0.0622. The Morgan fingerprint density at radius 1 is 1.35 bits per heavy atom. The second-order valence-electron chi connectivity index (χ2n) is 5.49. The highest BCUT2D eigenvalue weighted by atomic mass is 32.2. The Morgan fingerprint density at radius 3 is 2.57 bits per heavy atom. The SMILES string of the molecule is CC[C@@H](C)NC(=O)CCCN(c1ccccc1OC)S(C)(=O)=O. The molecule has 1 amide bonds. The maximum atomic E-state index is 12.1. The number of para-hydroxylation sites is 2. The number of amides is 1. The topological polar surface area (TPSA) is 75.7 Å². The third-order valence-electron chi connectivity index (χ3n) is 3.54. The molecule has 0 radical (unpaired) electrons. The average molecular weight is 342 g/mol. The zero-order valence-electron chi connectivity index (χ0n) is 14.2. The van der Waals surface area contributed by atoms with E-state index in [0.717, 1.165) is 12.7 Å². The van der Waals surface area contributed by atoms with E-state index in [4.69, 9.17) is 4.74 Å². The van der Waals surface area contributed by atoms with Gasteiger partial charge in [-0.05, 0) is 31.9 Å². The van der Waals surface area contributed by atoms with Crippen molar-refractivity contribution in [2.75, 3.05) is 24.2 Å². The maximum Gasteiger partial charge on any atom is 0.232 e. The summed E-state index contributed by atoms with van der Waals surface area (Å²) in [6.07, 6.45) is 2.74. The van der Waals surface area contributed by atoms with Gasteiger partial charge in [-0.2, -0.15) is 0 Å². The van der Waals surface area contributed by atoms with Crippen molar-refractivity contribution in [3.63, 3.8) is 0 Å². The molecule has 1 rings (SSSR count). The first kappa shape index (κ1) is 19.3. The van der Waals surface area contributed by atoms with Gasteiger partial charge in [-0.1, -0.05) is 19.1 Å². The van der Waals surface area contributed by atoms with Crippen molar-refractivity contribution in [3.8, 4) is 5.75 Å². The van der Waals surface area contributed by atoms with Crippen LogP contribution in [0.1, 0.15) is 33.1 Å². The fourth-order valence-electron chi connectivity index (χ4n) is 2.13. The second kappa shape index (κ2) is 8.76. The van der Waals surface area contributed by atoms with Crippen LogP contribution in [-0.2, 0) is 14.8 Å². The molecule has 0 saturated carbocycles. The molecule has 0 aliphatic heterocycles. The summed E-state index contributed by atoms with van der Waals surface area (Å²) in [6, 6.07) is 7.07. The van der Waals surface area contributed by atoms with E-state index in [9.17, 15) is 13.2 Å². The van der Waals surface area contributed by atoms with Gasteiger partial charge >= 0.3 is 0 Å². The number of sulfonamides is 1. The monoisotopic (exact) mass is 342 g/mol. The Labute approximate surface area is 138 Å². The van der Waals surface area contributed by atoms with Crippen molar-refractivity contribution in [1.82, 2.24) is 5.32 Å². The summed E-state index contributed by atoms with van der Waals surface area (Å²) in [7, 11) is -1.96. The molecule has 1 aromatic carbocycles. The molecule has 0 bridgehead atoms. The van der Waals surface area contributed by atoms with E-state index >= 15 is 0 Å². The zero-order chi connectivity index (χ0) is 17.5. The highest BCUT2D eigenvalue weighted by Crippen LogP contribution is 2.29. The summed E-state index contributed by atoms with van der Waals surface area (Å²) in [5.74, 6) is 0.426. The van der Waals surface area contributed by atoms with Crippen LogP contribution in [0.25, 0.3) is 0 Å². The standard InChI is InChI=1S/C16H26N2O4S/c1-5-13(2)17-16(19)11-8-12-18(23(4,20)21)14-9-6-7-10-15(14)22-3/h6-7,9-10,13H,5,8,11-12H2,1-4H3,(H,17,19)/t13-/m1/s1. The molecule has 6 nitrogen and oxygen atoms in total. The summed E-state index contributed by atoms with van der Waals surface area (Å²) >= 11 is 0. The number of nitrogens with one attached hydrogen (secondary N) is 1. The van der Waals surface area contributed by atoms with Crippen molar-refractivity contribution >= 4 is 21.6 Å². The quantitative estimate of drug-likeness (QED) is 0.746. The van der Waals surface area contributed by atoms with Crippen LogP contribution < -0.4 is 14.4 Å². The fourth-order valence-corrected chi connectivity index (χ4v) is 3.10. The van der Waals surface area contributed by atoms with Gasteiger partial charge in [0, 0.05) is 19.0 Å². The van der Waals surface area contributed by atoms with Gasteiger partial charge in [0.05, 0.1) is 19.1 Å². The van der Waals surface area contributed by atoms with Gasteiger partial charge in [-0.25, -0.2) is 8.42 Å². The molecule has 23 heavy (non-hydrogen) atoms. The predicted molar refractivity (Wildman–Crippen MR) is 92.3 cm³/mol. The molecule has 0 fully saturated rings. The molecule has 0 spiro atoms.